The molecule has 9 heteroatoms. The summed E-state index contributed by atoms with van der Waals surface area (Å²) < 4.78 is 31.6. The summed E-state index contributed by atoms with van der Waals surface area (Å²) in [5, 5.41) is 11.1. The van der Waals surface area contributed by atoms with E-state index in [2.05, 4.69) is 0 Å². The van der Waals surface area contributed by atoms with Gasteiger partial charge in [0.1, 0.15) is 0 Å². The van der Waals surface area contributed by atoms with Gasteiger partial charge in [0.25, 0.3) is 5.69 Å². The number of hydrogen-bond donors (Lipinski definition) is 1. The number of nitrogens with two attached hydrogens (primary N) is 1. The van der Waals surface area contributed by atoms with Gasteiger partial charge in [-0.15, -0.1) is 0 Å². The molecule has 0 saturated heterocycles. The fourth-order valence-corrected chi connectivity index (χ4v) is 3.92. The van der Waals surface area contributed by atoms with Crippen molar-refractivity contribution in [3.8, 4) is 0 Å². The van der Waals surface area contributed by atoms with Crippen LogP contribution in [0.4, 0.5) is 11.4 Å². The van der Waals surface area contributed by atoms with Gasteiger partial charge in [-0.05, 0) is 25.0 Å². The van der Waals surface area contributed by atoms with E-state index in [1.54, 1.807) is 0 Å². The second kappa shape index (κ2) is 5.96. The number of ether oxygens (including phenoxy) is 1. The van der Waals surface area contributed by atoms with Crippen LogP contribution in [0.1, 0.15) is 12.8 Å². The molecule has 0 spiro atoms. The Hall–Kier alpha value is -1.71. The molecule has 0 unspecified atom stereocenters. The quantitative estimate of drug-likeness (QED) is 0.455. The highest BCUT2D eigenvalue weighted by atomic mass is 32.2. The van der Waals surface area contributed by atoms with E-state index in [1.807, 2.05) is 0 Å². The van der Waals surface area contributed by atoms with Crippen molar-refractivity contribution in [2.45, 2.75) is 23.8 Å². The summed E-state index contributed by atoms with van der Waals surface area (Å²) in [4.78, 5) is 9.98. The first-order valence-corrected chi connectivity index (χ1v) is 7.86. The number of rotatable bonds is 7. The van der Waals surface area contributed by atoms with Gasteiger partial charge in [-0.2, -0.15) is 4.31 Å². The minimum absolute atomic E-state index is 0.119. The van der Waals surface area contributed by atoms with E-state index in [0.717, 1.165) is 25.0 Å². The molecule has 1 aromatic carbocycles. The number of anilines is 1. The molecule has 0 atom stereocenters. The number of nitrogen functional groups attached to an aromatic ring is 1. The summed E-state index contributed by atoms with van der Waals surface area (Å²) in [6.45, 7) is 0.390. The van der Waals surface area contributed by atoms with Gasteiger partial charge in [0.05, 0.1) is 11.5 Å². The number of nitro benzene ring substituents is 1. The van der Waals surface area contributed by atoms with E-state index in [0.29, 0.717) is 0 Å². The molecule has 116 valence electrons. The first-order chi connectivity index (χ1) is 9.87. The Morgan fingerprint density at radius 1 is 1.48 bits per heavy atom. The molecule has 0 aliphatic heterocycles. The first-order valence-electron chi connectivity index (χ1n) is 6.42. The van der Waals surface area contributed by atoms with Crippen LogP contribution in [0.2, 0.25) is 0 Å². The zero-order valence-corrected chi connectivity index (χ0v) is 12.4. The minimum Gasteiger partial charge on any atom is -0.399 e. The highest BCUT2D eigenvalue weighted by molar-refractivity contribution is 7.89. The smallest absolute Gasteiger partial charge is 0.289 e. The fraction of sp³-hybridized carbons (Fsp3) is 0.500. The molecule has 0 heterocycles. The number of nitro groups is 1. The SMILES string of the molecule is COCCN(C1CC1)S(=O)(=O)c1cc(N)ccc1[N+](=O)[O-]. The summed E-state index contributed by atoms with van der Waals surface area (Å²) in [5.74, 6) is 0. The average molecular weight is 315 g/mol. The van der Waals surface area contributed by atoms with Crippen LogP contribution in [0.5, 0.6) is 0 Å². The number of sulfonamides is 1. The Kier molecular flexibility index (Phi) is 4.45. The lowest BCUT2D eigenvalue weighted by molar-refractivity contribution is -0.387. The molecule has 21 heavy (non-hydrogen) atoms. The Morgan fingerprint density at radius 3 is 2.67 bits per heavy atom. The van der Waals surface area contributed by atoms with Crippen molar-refractivity contribution in [1.82, 2.24) is 4.31 Å². The first kappa shape index (κ1) is 15.7. The number of benzene rings is 1. The van der Waals surface area contributed by atoms with Crippen molar-refractivity contribution in [2.75, 3.05) is 26.0 Å². The molecule has 0 bridgehead atoms. The molecule has 0 amide bonds. The van der Waals surface area contributed by atoms with Crippen LogP contribution in [-0.4, -0.2) is 43.9 Å². The average Bonchev–Trinajstić information content (AvgIpc) is 3.23. The fourth-order valence-electron chi connectivity index (χ4n) is 2.06. The third-order valence-corrected chi connectivity index (χ3v) is 5.22. The summed E-state index contributed by atoms with van der Waals surface area (Å²) in [7, 11) is -2.50. The van der Waals surface area contributed by atoms with Crippen molar-refractivity contribution in [1.29, 1.82) is 0 Å². The third kappa shape index (κ3) is 3.31. The summed E-state index contributed by atoms with van der Waals surface area (Å²) in [6.07, 6.45) is 1.50. The van der Waals surface area contributed by atoms with Gasteiger partial charge in [0.15, 0.2) is 4.90 Å². The number of nitrogens with zero attached hydrogens (tertiary/aromatic N) is 2. The van der Waals surface area contributed by atoms with Crippen molar-refractivity contribution in [3.05, 3.63) is 28.3 Å². The number of methoxy groups -OCH3 is 1. The zero-order chi connectivity index (χ0) is 15.6. The summed E-state index contributed by atoms with van der Waals surface area (Å²) in [5.41, 5.74) is 5.29. The van der Waals surface area contributed by atoms with Gasteiger partial charge in [0, 0.05) is 31.5 Å². The van der Waals surface area contributed by atoms with Gasteiger partial charge in [-0.1, -0.05) is 0 Å². The third-order valence-electron chi connectivity index (χ3n) is 3.24. The van der Waals surface area contributed by atoms with E-state index in [9.17, 15) is 18.5 Å². The van der Waals surface area contributed by atoms with E-state index >= 15 is 0 Å². The van der Waals surface area contributed by atoms with Crippen LogP contribution in [-0.2, 0) is 14.8 Å². The maximum atomic E-state index is 12.7. The van der Waals surface area contributed by atoms with Gasteiger partial charge < -0.3 is 10.5 Å². The lowest BCUT2D eigenvalue weighted by atomic mass is 10.3. The molecule has 0 radical (unpaired) electrons. The highest BCUT2D eigenvalue weighted by Crippen LogP contribution is 2.35. The molecule has 1 aromatic rings. The van der Waals surface area contributed by atoms with Crippen LogP contribution >= 0.6 is 0 Å². The van der Waals surface area contributed by atoms with Crippen LogP contribution in [0.3, 0.4) is 0 Å². The van der Waals surface area contributed by atoms with Gasteiger partial charge >= 0.3 is 0 Å². The van der Waals surface area contributed by atoms with E-state index in [1.165, 1.54) is 17.5 Å². The Bertz CT molecular complexity index is 642. The normalized spacial score (nSPS) is 15.3. The van der Waals surface area contributed by atoms with Crippen LogP contribution in [0.15, 0.2) is 23.1 Å². The molecule has 0 aromatic heterocycles. The summed E-state index contributed by atoms with van der Waals surface area (Å²) >= 11 is 0. The zero-order valence-electron chi connectivity index (χ0n) is 11.6. The second-order valence-corrected chi connectivity index (χ2v) is 6.68. The Morgan fingerprint density at radius 2 is 2.14 bits per heavy atom. The largest absolute Gasteiger partial charge is 0.399 e. The minimum atomic E-state index is -3.98. The predicted octanol–water partition coefficient (Wildman–Crippen LogP) is 0.976. The van der Waals surface area contributed by atoms with Gasteiger partial charge in [-0.25, -0.2) is 8.42 Å². The van der Waals surface area contributed by atoms with Gasteiger partial charge in [-0.3, -0.25) is 10.1 Å². The van der Waals surface area contributed by atoms with Crippen LogP contribution in [0, 0.1) is 10.1 Å². The monoisotopic (exact) mass is 315 g/mol. The molecule has 1 aliphatic rings. The topological polar surface area (TPSA) is 116 Å². The highest BCUT2D eigenvalue weighted by Gasteiger charge is 2.40. The molecular weight excluding hydrogens is 298 g/mol. The van der Waals surface area contributed by atoms with Crippen molar-refractivity contribution in [3.63, 3.8) is 0 Å². The van der Waals surface area contributed by atoms with Crippen molar-refractivity contribution in [2.24, 2.45) is 0 Å². The molecule has 1 fully saturated rings. The molecular formula is C12H17N3O5S. The second-order valence-electron chi connectivity index (χ2n) is 4.82. The van der Waals surface area contributed by atoms with E-state index in [4.69, 9.17) is 10.5 Å². The lowest BCUT2D eigenvalue weighted by Gasteiger charge is -2.21. The van der Waals surface area contributed by atoms with Crippen LogP contribution < -0.4 is 5.73 Å². The molecule has 1 saturated carbocycles. The number of hydrogen-bond acceptors (Lipinski definition) is 6. The Labute approximate surface area is 122 Å². The van der Waals surface area contributed by atoms with Gasteiger partial charge in [0.2, 0.25) is 10.0 Å². The van der Waals surface area contributed by atoms with Crippen LogP contribution in [0.25, 0.3) is 0 Å². The molecule has 2 rings (SSSR count). The van der Waals surface area contributed by atoms with Crippen molar-refractivity contribution < 1.29 is 18.1 Å². The molecule has 8 nitrogen and oxygen atoms in total. The molecule has 1 aliphatic carbocycles. The summed E-state index contributed by atoms with van der Waals surface area (Å²) in [6, 6.07) is 3.44. The molecule has 2 N–H and O–H groups in total. The predicted molar refractivity (Wildman–Crippen MR) is 76.3 cm³/mol. The Balaban J connectivity index is 2.46. The lowest BCUT2D eigenvalue weighted by Crippen LogP contribution is -2.36. The van der Waals surface area contributed by atoms with E-state index in [-0.39, 0.29) is 29.8 Å². The van der Waals surface area contributed by atoms with E-state index < -0.39 is 20.6 Å². The standard InChI is InChI=1S/C12H17N3O5S/c1-20-7-6-14(10-3-4-10)21(18,19)12-8-9(13)2-5-11(12)15(16)17/h2,5,8,10H,3-4,6-7,13H2,1H3. The van der Waals surface area contributed by atoms with Crippen molar-refractivity contribution >= 4 is 21.4 Å². The maximum absolute atomic E-state index is 12.7. The maximum Gasteiger partial charge on any atom is 0.289 e.